The molecule has 2 heterocycles. The molecule has 0 aliphatic rings. The Kier molecular flexibility index (Phi) is 5.50. The maximum atomic E-state index is 13.1. The molecule has 29 heavy (non-hydrogen) atoms. The zero-order chi connectivity index (χ0) is 21.3. The van der Waals surface area contributed by atoms with Crippen molar-refractivity contribution in [3.8, 4) is 0 Å². The lowest BCUT2D eigenvalue weighted by Crippen LogP contribution is -2.41. The van der Waals surface area contributed by atoms with E-state index in [0.29, 0.717) is 4.90 Å². The van der Waals surface area contributed by atoms with E-state index in [2.05, 4.69) is 19.9 Å². The molecule has 0 aliphatic carbocycles. The van der Waals surface area contributed by atoms with Gasteiger partial charge < -0.3 is 5.73 Å². The van der Waals surface area contributed by atoms with Crippen molar-refractivity contribution >= 4 is 55.1 Å². The van der Waals surface area contributed by atoms with Crippen LogP contribution >= 0.6 is 22.6 Å². The van der Waals surface area contributed by atoms with Crippen molar-refractivity contribution < 1.29 is 22.8 Å². The van der Waals surface area contributed by atoms with E-state index in [4.69, 9.17) is 5.73 Å². The molecule has 0 atom stereocenters. The fraction of sp³-hybridized carbons (Fsp3) is 0.125. The van der Waals surface area contributed by atoms with Crippen LogP contribution in [-0.2, 0) is 11.3 Å². The lowest BCUT2D eigenvalue weighted by Gasteiger charge is -2.23. The molecule has 0 fully saturated rings. The summed E-state index contributed by atoms with van der Waals surface area (Å²) in [5.74, 6) is -2.33. The first-order valence-electron chi connectivity index (χ1n) is 7.76. The topological polar surface area (TPSA) is 135 Å². The number of benzene rings is 1. The van der Waals surface area contributed by atoms with Crippen LogP contribution in [0.4, 0.5) is 24.8 Å². The number of hydrogen-bond acceptors (Lipinski definition) is 7. The molecule has 0 unspecified atom stereocenters. The molecule has 0 saturated heterocycles. The van der Waals surface area contributed by atoms with E-state index in [0.717, 1.165) is 6.20 Å². The van der Waals surface area contributed by atoms with Crippen LogP contribution in [0.3, 0.4) is 0 Å². The van der Waals surface area contributed by atoms with Crippen LogP contribution in [-0.4, -0.2) is 35.8 Å². The number of nitrogens with zero attached hydrogens (tertiary/aromatic N) is 4. The number of anilines is 2. The zero-order valence-electron chi connectivity index (χ0n) is 14.2. The summed E-state index contributed by atoms with van der Waals surface area (Å²) in [6.07, 6.45) is -4.07. The third-order valence-corrected chi connectivity index (χ3v) is 4.32. The van der Waals surface area contributed by atoms with Crippen molar-refractivity contribution in [3.63, 3.8) is 0 Å². The van der Waals surface area contributed by atoms with Gasteiger partial charge in [0.15, 0.2) is 11.2 Å². The molecule has 0 bridgehead atoms. The molecule has 13 heteroatoms. The smallest absolute Gasteiger partial charge is 0.369 e. The Hall–Kier alpha value is -3.10. The summed E-state index contributed by atoms with van der Waals surface area (Å²) in [7, 11) is 0. The largest absolute Gasteiger partial charge is 0.471 e. The monoisotopic (exact) mass is 518 g/mol. The summed E-state index contributed by atoms with van der Waals surface area (Å²) in [4.78, 5) is 49.5. The number of nitrogen functional groups attached to an aromatic ring is 1. The molecule has 1 amide bonds. The number of fused-ring (bicyclic) bond motifs is 1. The number of halogens is 4. The number of aromatic nitrogens is 4. The summed E-state index contributed by atoms with van der Waals surface area (Å²) >= 11 is 1.53. The molecule has 150 valence electrons. The van der Waals surface area contributed by atoms with Gasteiger partial charge in [0, 0.05) is 33.8 Å². The van der Waals surface area contributed by atoms with Crippen molar-refractivity contribution in [3.05, 3.63) is 52.1 Å². The van der Waals surface area contributed by atoms with Gasteiger partial charge in [-0.15, -0.1) is 0 Å². The second-order valence-electron chi connectivity index (χ2n) is 5.69. The Bertz CT molecular complexity index is 1160. The molecular formula is C16H10F3IN6O3. The fourth-order valence-corrected chi connectivity index (χ4v) is 2.77. The van der Waals surface area contributed by atoms with Gasteiger partial charge >= 0.3 is 12.1 Å². The molecule has 0 saturated carbocycles. The number of nitrogens with two attached hydrogens (primary N) is 1. The summed E-state index contributed by atoms with van der Waals surface area (Å²) in [6.45, 7) is -0.622. The number of carbonyl (C=O) groups is 2. The predicted molar refractivity (Wildman–Crippen MR) is 104 cm³/mol. The minimum Gasteiger partial charge on any atom is -0.369 e. The van der Waals surface area contributed by atoms with Crippen LogP contribution in [0.5, 0.6) is 0 Å². The van der Waals surface area contributed by atoms with Crippen molar-refractivity contribution in [2.75, 3.05) is 10.6 Å². The van der Waals surface area contributed by atoms with Crippen LogP contribution in [0.25, 0.3) is 11.2 Å². The highest BCUT2D eigenvalue weighted by molar-refractivity contribution is 14.1. The minimum atomic E-state index is -5.16. The van der Waals surface area contributed by atoms with Crippen molar-refractivity contribution in [2.45, 2.75) is 12.7 Å². The third-order valence-electron chi connectivity index (χ3n) is 3.70. The summed E-state index contributed by atoms with van der Waals surface area (Å²) in [5.41, 5.74) is 4.42. The van der Waals surface area contributed by atoms with E-state index >= 15 is 0 Å². The lowest BCUT2D eigenvalue weighted by molar-refractivity contribution is -0.170. The number of hydrogen-bond donors (Lipinski definition) is 2. The average Bonchev–Trinajstić information content (AvgIpc) is 2.65. The molecule has 3 N–H and O–H groups in total. The number of H-pyrrole nitrogens is 1. The van der Waals surface area contributed by atoms with Crippen molar-refractivity contribution in [1.29, 1.82) is 0 Å². The second-order valence-corrected chi connectivity index (χ2v) is 6.67. The van der Waals surface area contributed by atoms with E-state index in [-0.39, 0.29) is 37.8 Å². The Morgan fingerprint density at radius 2 is 1.83 bits per heavy atom. The van der Waals surface area contributed by atoms with Gasteiger partial charge in [-0.2, -0.15) is 18.2 Å². The number of rotatable bonds is 4. The highest BCUT2D eigenvalue weighted by Crippen LogP contribution is 2.26. The van der Waals surface area contributed by atoms with Gasteiger partial charge in [0.1, 0.15) is 0 Å². The second kappa shape index (κ2) is 7.73. The predicted octanol–water partition coefficient (Wildman–Crippen LogP) is 1.97. The summed E-state index contributed by atoms with van der Waals surface area (Å²) < 4.78 is 39.0. The molecule has 3 aromatic rings. The van der Waals surface area contributed by atoms with Crippen molar-refractivity contribution in [1.82, 2.24) is 19.9 Å². The van der Waals surface area contributed by atoms with E-state index in [1.165, 1.54) is 46.9 Å². The standard InChI is InChI=1S/C16H10F3IN6O3/c17-16(18,19)14(29)26(9-3-1-7(2-4-9)11(20)27)6-8-5-22-12-10(23-8)13(28)25-15(21)24-12/h1-5H,6H2,(H3,21,22,24,25,28). The van der Waals surface area contributed by atoms with Crippen LogP contribution in [0.1, 0.15) is 16.1 Å². The van der Waals surface area contributed by atoms with E-state index in [9.17, 15) is 27.6 Å². The van der Waals surface area contributed by atoms with Gasteiger partial charge in [0.05, 0.1) is 18.4 Å². The Morgan fingerprint density at radius 3 is 2.41 bits per heavy atom. The molecule has 9 nitrogen and oxygen atoms in total. The zero-order valence-corrected chi connectivity index (χ0v) is 16.4. The van der Waals surface area contributed by atoms with Crippen LogP contribution in [0.15, 0.2) is 35.3 Å². The van der Waals surface area contributed by atoms with E-state index in [1.807, 2.05) is 0 Å². The van der Waals surface area contributed by atoms with Gasteiger partial charge in [-0.3, -0.25) is 24.3 Å². The van der Waals surface area contributed by atoms with E-state index < -0.39 is 24.2 Å². The quantitative estimate of drug-likeness (QED) is 0.399. The van der Waals surface area contributed by atoms with Crippen LogP contribution < -0.4 is 16.2 Å². The van der Waals surface area contributed by atoms with Crippen molar-refractivity contribution in [2.24, 2.45) is 0 Å². The van der Waals surface area contributed by atoms with Crippen LogP contribution in [0, 0.1) is 0 Å². The first kappa shape index (κ1) is 20.6. The molecule has 0 aliphatic heterocycles. The van der Waals surface area contributed by atoms with Gasteiger partial charge in [0.25, 0.3) is 5.56 Å². The Labute approximate surface area is 173 Å². The lowest BCUT2D eigenvalue weighted by atomic mass is 10.2. The number of aromatic amines is 1. The minimum absolute atomic E-state index is 0.0822. The Morgan fingerprint density at radius 1 is 1.17 bits per heavy atom. The highest BCUT2D eigenvalue weighted by atomic mass is 127. The normalized spacial score (nSPS) is 11.4. The molecule has 2 aromatic heterocycles. The maximum Gasteiger partial charge on any atom is 0.471 e. The first-order valence-corrected chi connectivity index (χ1v) is 8.84. The first-order chi connectivity index (χ1) is 13.6. The highest BCUT2D eigenvalue weighted by Gasteiger charge is 2.43. The maximum absolute atomic E-state index is 13.1. The van der Waals surface area contributed by atoms with Gasteiger partial charge in [-0.25, -0.2) is 9.97 Å². The Balaban J connectivity index is 2.03. The fourth-order valence-electron chi connectivity index (χ4n) is 2.41. The number of alkyl halides is 3. The van der Waals surface area contributed by atoms with Gasteiger partial charge in [0.2, 0.25) is 9.74 Å². The molecule has 0 spiro atoms. The molecule has 3 rings (SSSR count). The SMILES string of the molecule is Nc1nc2ncc(CN(C(=O)C(F)(F)F)c3ccc(C(=O)I)cc3)nc2c(=O)[nH]1. The number of nitrogens with one attached hydrogen (secondary N) is 1. The van der Waals surface area contributed by atoms with Gasteiger partial charge in [-0.05, 0) is 24.3 Å². The third kappa shape index (κ3) is 4.49. The number of carbonyl (C=O) groups excluding carboxylic acids is 2. The molecular weight excluding hydrogens is 508 g/mol. The molecule has 1 aromatic carbocycles. The average molecular weight is 518 g/mol. The summed E-state index contributed by atoms with van der Waals surface area (Å²) in [5, 5.41) is 0. The van der Waals surface area contributed by atoms with Gasteiger partial charge in [-0.1, -0.05) is 0 Å². The van der Waals surface area contributed by atoms with E-state index in [1.54, 1.807) is 0 Å². The summed E-state index contributed by atoms with van der Waals surface area (Å²) in [6, 6.07) is 5.01. The van der Waals surface area contributed by atoms with Crippen LogP contribution in [0.2, 0.25) is 0 Å². The molecule has 0 radical (unpaired) electrons. The number of amides is 1.